The summed E-state index contributed by atoms with van der Waals surface area (Å²) in [6.07, 6.45) is 0. The van der Waals surface area contributed by atoms with Crippen LogP contribution < -0.4 is 5.56 Å². The zero-order valence-corrected chi connectivity index (χ0v) is 13.1. The fourth-order valence-corrected chi connectivity index (χ4v) is 3.08. The van der Waals surface area contributed by atoms with Crippen molar-refractivity contribution < 1.29 is 0 Å². The summed E-state index contributed by atoms with van der Waals surface area (Å²) in [6.45, 7) is 5.37. The SMILES string of the molecule is Cc1nc2c(c(=O)[nH]1)CN(C(C)c1cccc(Br)c1)C2. The zero-order valence-electron chi connectivity index (χ0n) is 11.5. The molecule has 1 atom stereocenters. The summed E-state index contributed by atoms with van der Waals surface area (Å²) < 4.78 is 1.07. The van der Waals surface area contributed by atoms with E-state index in [-0.39, 0.29) is 11.6 Å². The van der Waals surface area contributed by atoms with Gasteiger partial charge in [-0.1, -0.05) is 28.1 Å². The molecule has 1 aromatic heterocycles. The molecule has 1 unspecified atom stereocenters. The lowest BCUT2D eigenvalue weighted by Gasteiger charge is -2.23. The molecule has 0 fully saturated rings. The van der Waals surface area contributed by atoms with Crippen LogP contribution in [0.15, 0.2) is 33.5 Å². The summed E-state index contributed by atoms with van der Waals surface area (Å²) in [5.74, 6) is 0.686. The largest absolute Gasteiger partial charge is 0.310 e. The Morgan fingerprint density at radius 2 is 2.20 bits per heavy atom. The molecule has 4 nitrogen and oxygen atoms in total. The fraction of sp³-hybridized carbons (Fsp3) is 0.333. The molecule has 3 rings (SSSR count). The van der Waals surface area contributed by atoms with E-state index in [1.807, 2.05) is 19.1 Å². The molecule has 1 aromatic carbocycles. The maximum Gasteiger partial charge on any atom is 0.255 e. The average Bonchev–Trinajstić information content (AvgIpc) is 2.82. The molecule has 104 valence electrons. The first-order chi connectivity index (χ1) is 9.54. The number of nitrogens with zero attached hydrogens (tertiary/aromatic N) is 2. The Morgan fingerprint density at radius 3 is 2.95 bits per heavy atom. The van der Waals surface area contributed by atoms with E-state index in [1.165, 1.54) is 5.56 Å². The third kappa shape index (κ3) is 2.43. The van der Waals surface area contributed by atoms with Crippen molar-refractivity contribution in [3.8, 4) is 0 Å². The maximum absolute atomic E-state index is 12.0. The first-order valence-corrected chi connectivity index (χ1v) is 7.42. The van der Waals surface area contributed by atoms with Crippen LogP contribution in [0.3, 0.4) is 0 Å². The second kappa shape index (κ2) is 5.14. The molecule has 0 amide bonds. The summed E-state index contributed by atoms with van der Waals surface area (Å²) in [6, 6.07) is 8.54. The van der Waals surface area contributed by atoms with Crippen molar-refractivity contribution in [1.29, 1.82) is 0 Å². The summed E-state index contributed by atoms with van der Waals surface area (Å²) in [4.78, 5) is 21.5. The van der Waals surface area contributed by atoms with Gasteiger partial charge in [-0.05, 0) is 31.5 Å². The Bertz CT molecular complexity index is 711. The van der Waals surface area contributed by atoms with Crippen LogP contribution in [0.2, 0.25) is 0 Å². The predicted octanol–water partition coefficient (Wildman–Crippen LogP) is 2.92. The van der Waals surface area contributed by atoms with Crippen LogP contribution in [0, 0.1) is 6.92 Å². The third-order valence-electron chi connectivity index (χ3n) is 3.81. The lowest BCUT2D eigenvalue weighted by molar-refractivity contribution is 0.213. The molecule has 1 N–H and O–H groups in total. The van der Waals surface area contributed by atoms with E-state index >= 15 is 0 Å². The molecule has 0 spiro atoms. The predicted molar refractivity (Wildman–Crippen MR) is 81.4 cm³/mol. The van der Waals surface area contributed by atoms with Gasteiger partial charge in [-0.2, -0.15) is 0 Å². The average molecular weight is 334 g/mol. The number of hydrogen-bond acceptors (Lipinski definition) is 3. The highest BCUT2D eigenvalue weighted by Crippen LogP contribution is 2.29. The molecule has 0 saturated carbocycles. The van der Waals surface area contributed by atoms with Gasteiger partial charge in [0.05, 0.1) is 11.3 Å². The molecule has 0 saturated heterocycles. The molecule has 0 radical (unpaired) electrons. The lowest BCUT2D eigenvalue weighted by atomic mass is 10.1. The Balaban J connectivity index is 1.88. The number of hydrogen-bond donors (Lipinski definition) is 1. The minimum atomic E-state index is -0.00329. The number of halogens is 1. The van der Waals surface area contributed by atoms with Gasteiger partial charge >= 0.3 is 0 Å². The first kappa shape index (κ1) is 13.5. The highest BCUT2D eigenvalue weighted by molar-refractivity contribution is 9.10. The van der Waals surface area contributed by atoms with Gasteiger partial charge < -0.3 is 4.98 Å². The summed E-state index contributed by atoms with van der Waals surface area (Å²) in [5, 5.41) is 0. The van der Waals surface area contributed by atoms with Crippen LogP contribution in [0.4, 0.5) is 0 Å². The Morgan fingerprint density at radius 1 is 1.40 bits per heavy atom. The molecule has 20 heavy (non-hydrogen) atoms. The summed E-state index contributed by atoms with van der Waals surface area (Å²) in [5.41, 5.74) is 2.95. The molecular weight excluding hydrogens is 318 g/mol. The molecule has 0 aliphatic carbocycles. The zero-order chi connectivity index (χ0) is 14.3. The van der Waals surface area contributed by atoms with Crippen LogP contribution in [0.25, 0.3) is 0 Å². The van der Waals surface area contributed by atoms with Gasteiger partial charge in [0.2, 0.25) is 0 Å². The highest BCUT2D eigenvalue weighted by atomic mass is 79.9. The van der Waals surface area contributed by atoms with E-state index in [9.17, 15) is 4.79 Å². The van der Waals surface area contributed by atoms with Crippen LogP contribution >= 0.6 is 15.9 Å². The van der Waals surface area contributed by atoms with Crippen LogP contribution in [0.5, 0.6) is 0 Å². The van der Waals surface area contributed by atoms with Crippen molar-refractivity contribution in [2.75, 3.05) is 0 Å². The lowest BCUT2D eigenvalue weighted by Crippen LogP contribution is -2.22. The number of aromatic amines is 1. The molecule has 0 bridgehead atoms. The van der Waals surface area contributed by atoms with E-state index in [0.717, 1.165) is 22.3 Å². The van der Waals surface area contributed by atoms with Crippen molar-refractivity contribution in [2.24, 2.45) is 0 Å². The standard InChI is InChI=1S/C15H16BrN3O/c1-9(11-4-3-5-12(16)6-11)19-7-13-14(8-19)17-10(2)18-15(13)20/h3-6,9H,7-8H2,1-2H3,(H,17,18,20). The monoisotopic (exact) mass is 333 g/mol. The Labute approximate surface area is 126 Å². The quantitative estimate of drug-likeness (QED) is 0.919. The molecule has 1 aliphatic rings. The first-order valence-electron chi connectivity index (χ1n) is 6.63. The van der Waals surface area contributed by atoms with Crippen molar-refractivity contribution in [1.82, 2.24) is 14.9 Å². The van der Waals surface area contributed by atoms with E-state index in [1.54, 1.807) is 0 Å². The Kier molecular flexibility index (Phi) is 3.48. The van der Waals surface area contributed by atoms with Gasteiger partial charge in [-0.3, -0.25) is 9.69 Å². The summed E-state index contributed by atoms with van der Waals surface area (Å²) >= 11 is 3.50. The number of aromatic nitrogens is 2. The number of rotatable bonds is 2. The van der Waals surface area contributed by atoms with Gasteiger partial charge in [0.25, 0.3) is 5.56 Å². The van der Waals surface area contributed by atoms with Crippen LogP contribution in [0.1, 0.15) is 35.6 Å². The van der Waals surface area contributed by atoms with E-state index in [0.29, 0.717) is 12.4 Å². The number of aryl methyl sites for hydroxylation is 1. The number of fused-ring (bicyclic) bond motifs is 1. The molecular formula is C15H16BrN3O. The van der Waals surface area contributed by atoms with E-state index in [2.05, 4.69) is 49.9 Å². The molecule has 2 aromatic rings. The number of H-pyrrole nitrogens is 1. The molecule has 1 aliphatic heterocycles. The van der Waals surface area contributed by atoms with Crippen LogP contribution in [-0.4, -0.2) is 14.9 Å². The number of nitrogens with one attached hydrogen (secondary N) is 1. The van der Waals surface area contributed by atoms with E-state index in [4.69, 9.17) is 0 Å². The van der Waals surface area contributed by atoms with E-state index < -0.39 is 0 Å². The highest BCUT2D eigenvalue weighted by Gasteiger charge is 2.27. The van der Waals surface area contributed by atoms with Gasteiger partial charge in [0.1, 0.15) is 5.82 Å². The van der Waals surface area contributed by atoms with Crippen molar-refractivity contribution in [3.63, 3.8) is 0 Å². The van der Waals surface area contributed by atoms with Gasteiger partial charge in [-0.15, -0.1) is 0 Å². The van der Waals surface area contributed by atoms with Crippen molar-refractivity contribution in [3.05, 3.63) is 61.7 Å². The minimum Gasteiger partial charge on any atom is -0.310 e. The molecule has 2 heterocycles. The third-order valence-corrected chi connectivity index (χ3v) is 4.31. The van der Waals surface area contributed by atoms with Crippen LogP contribution in [-0.2, 0) is 13.1 Å². The number of benzene rings is 1. The molecule has 5 heteroatoms. The maximum atomic E-state index is 12.0. The second-order valence-corrected chi connectivity index (χ2v) is 6.13. The van der Waals surface area contributed by atoms with Crippen molar-refractivity contribution in [2.45, 2.75) is 33.0 Å². The normalized spacial score (nSPS) is 16.1. The van der Waals surface area contributed by atoms with Crippen molar-refractivity contribution >= 4 is 15.9 Å². The smallest absolute Gasteiger partial charge is 0.255 e. The van der Waals surface area contributed by atoms with Gasteiger partial charge in [-0.25, -0.2) is 4.98 Å². The topological polar surface area (TPSA) is 49.0 Å². The fourth-order valence-electron chi connectivity index (χ4n) is 2.67. The van der Waals surface area contributed by atoms with Gasteiger partial charge in [0, 0.05) is 23.6 Å². The minimum absolute atomic E-state index is 0.00329. The second-order valence-electron chi connectivity index (χ2n) is 5.21. The van der Waals surface area contributed by atoms with Gasteiger partial charge in [0.15, 0.2) is 0 Å². The summed E-state index contributed by atoms with van der Waals surface area (Å²) in [7, 11) is 0. The Hall–Kier alpha value is -1.46.